The number of fused-ring (bicyclic) bond motifs is 1. The Hall–Kier alpha value is -0.120. The van der Waals surface area contributed by atoms with Gasteiger partial charge in [-0.05, 0) is 6.92 Å². The number of rotatable bonds is 0. The highest BCUT2D eigenvalue weighted by Crippen LogP contribution is 2.21. The lowest BCUT2D eigenvalue weighted by atomic mass is 10.3. The normalized spacial score (nSPS) is 43.7. The summed E-state index contributed by atoms with van der Waals surface area (Å²) in [6.45, 7) is 4.85. The van der Waals surface area contributed by atoms with Gasteiger partial charge in [0.25, 0.3) is 0 Å². The van der Waals surface area contributed by atoms with Crippen LogP contribution in [0.15, 0.2) is 0 Å². The smallest absolute Gasteiger partial charge is 0.219 e. The molecule has 0 N–H and O–H groups in total. The van der Waals surface area contributed by atoms with Crippen molar-refractivity contribution in [2.75, 3.05) is 19.8 Å². The predicted molar refractivity (Wildman–Crippen MR) is 31.9 cm³/mol. The fraction of sp³-hybridized carbons (Fsp3) is 1.00. The molecule has 2 atom stereocenters. The fourth-order valence-corrected chi connectivity index (χ4v) is 1.35. The Morgan fingerprint density at radius 2 is 2.33 bits per heavy atom. The molecule has 3 heteroatoms. The summed E-state index contributed by atoms with van der Waals surface area (Å²) >= 11 is 0. The first-order valence-corrected chi connectivity index (χ1v) is 3.37. The number of hydrogen-bond donors (Lipinski definition) is 0. The maximum Gasteiger partial charge on any atom is 0.219 e. The Morgan fingerprint density at radius 3 is 3.11 bits per heavy atom. The van der Waals surface area contributed by atoms with E-state index < -0.39 is 0 Å². The van der Waals surface area contributed by atoms with E-state index in [9.17, 15) is 0 Å². The molecule has 9 heavy (non-hydrogen) atoms. The summed E-state index contributed by atoms with van der Waals surface area (Å²) in [6, 6.07) is 0.553. The van der Waals surface area contributed by atoms with Gasteiger partial charge in [-0.1, -0.05) is 0 Å². The molecule has 0 aliphatic carbocycles. The highest BCUT2D eigenvalue weighted by Gasteiger charge is 2.35. The topological polar surface area (TPSA) is 21.7 Å². The molecule has 2 rings (SSSR count). The molecule has 0 radical (unpaired) electrons. The molecular weight excluding hydrogens is 118 g/mol. The average Bonchev–Trinajstić information content (AvgIpc) is 2.35. The molecule has 0 aromatic carbocycles. The van der Waals surface area contributed by atoms with Gasteiger partial charge >= 0.3 is 0 Å². The monoisotopic (exact) mass is 129 g/mol. The van der Waals surface area contributed by atoms with Crippen LogP contribution in [0.5, 0.6) is 0 Å². The summed E-state index contributed by atoms with van der Waals surface area (Å²) in [6.07, 6.45) is -0.0139. The van der Waals surface area contributed by atoms with E-state index in [0.29, 0.717) is 6.04 Å². The lowest BCUT2D eigenvalue weighted by Crippen LogP contribution is -2.30. The zero-order valence-electron chi connectivity index (χ0n) is 5.54. The van der Waals surface area contributed by atoms with Crippen LogP contribution in [0.4, 0.5) is 0 Å². The van der Waals surface area contributed by atoms with E-state index in [0.717, 1.165) is 19.8 Å². The summed E-state index contributed by atoms with van der Waals surface area (Å²) in [7, 11) is 0. The standard InChI is InChI=1S/C6H11NO2/c1-5-4-9-6-7(5)2-3-8-6/h5-6H,2-4H2,1H3. The summed E-state index contributed by atoms with van der Waals surface area (Å²) in [5, 5.41) is 0. The van der Waals surface area contributed by atoms with Crippen LogP contribution in [0.3, 0.4) is 0 Å². The van der Waals surface area contributed by atoms with E-state index in [4.69, 9.17) is 9.47 Å². The van der Waals surface area contributed by atoms with Gasteiger partial charge < -0.3 is 9.47 Å². The summed E-state index contributed by atoms with van der Waals surface area (Å²) in [5.74, 6) is 0. The minimum atomic E-state index is -0.0139. The quantitative estimate of drug-likeness (QED) is 0.460. The van der Waals surface area contributed by atoms with Crippen molar-refractivity contribution in [2.45, 2.75) is 19.4 Å². The summed E-state index contributed by atoms with van der Waals surface area (Å²) < 4.78 is 10.5. The Bertz CT molecular complexity index is 118. The van der Waals surface area contributed by atoms with Gasteiger partial charge in [-0.25, -0.2) is 4.90 Å². The molecule has 0 saturated carbocycles. The molecule has 0 amide bonds. The molecule has 2 saturated heterocycles. The van der Waals surface area contributed by atoms with E-state index in [1.165, 1.54) is 0 Å². The molecule has 0 aromatic rings. The van der Waals surface area contributed by atoms with Gasteiger partial charge in [-0.15, -0.1) is 0 Å². The Balaban J connectivity index is 2.07. The molecule has 0 bridgehead atoms. The van der Waals surface area contributed by atoms with E-state index in [2.05, 4.69) is 11.8 Å². The van der Waals surface area contributed by atoms with E-state index in [1.807, 2.05) is 0 Å². The van der Waals surface area contributed by atoms with Crippen LogP contribution in [-0.2, 0) is 9.47 Å². The summed E-state index contributed by atoms with van der Waals surface area (Å²) in [5.41, 5.74) is 0. The van der Waals surface area contributed by atoms with Crippen LogP contribution < -0.4 is 0 Å². The minimum absolute atomic E-state index is 0.0139. The van der Waals surface area contributed by atoms with Crippen LogP contribution >= 0.6 is 0 Å². The SMILES string of the molecule is CC1COC2OCCN12. The molecule has 3 nitrogen and oxygen atoms in total. The Morgan fingerprint density at radius 1 is 1.44 bits per heavy atom. The first kappa shape index (κ1) is 5.65. The zero-order chi connectivity index (χ0) is 6.27. The highest BCUT2D eigenvalue weighted by atomic mass is 16.7. The molecule has 2 fully saturated rings. The van der Waals surface area contributed by atoms with Crippen LogP contribution in [0.25, 0.3) is 0 Å². The van der Waals surface area contributed by atoms with Gasteiger partial charge in [0.1, 0.15) is 0 Å². The average molecular weight is 129 g/mol. The second-order valence-corrected chi connectivity index (χ2v) is 2.60. The van der Waals surface area contributed by atoms with E-state index in [1.54, 1.807) is 0 Å². The second kappa shape index (κ2) is 1.94. The maximum absolute atomic E-state index is 5.29. The van der Waals surface area contributed by atoms with Crippen molar-refractivity contribution in [1.82, 2.24) is 4.90 Å². The predicted octanol–water partition coefficient (Wildman–Crippen LogP) is 0.0209. The van der Waals surface area contributed by atoms with Crippen molar-refractivity contribution in [2.24, 2.45) is 0 Å². The Labute approximate surface area is 54.5 Å². The van der Waals surface area contributed by atoms with E-state index in [-0.39, 0.29) is 6.41 Å². The van der Waals surface area contributed by atoms with Crippen molar-refractivity contribution < 1.29 is 9.47 Å². The molecule has 2 aliphatic heterocycles. The van der Waals surface area contributed by atoms with Gasteiger partial charge in [0, 0.05) is 12.6 Å². The molecule has 2 unspecified atom stereocenters. The number of ether oxygens (including phenoxy) is 2. The molecule has 0 spiro atoms. The lowest BCUT2D eigenvalue weighted by molar-refractivity contribution is -0.122. The minimum Gasteiger partial charge on any atom is -0.338 e. The fourth-order valence-electron chi connectivity index (χ4n) is 1.35. The van der Waals surface area contributed by atoms with Crippen LogP contribution in [0.2, 0.25) is 0 Å². The van der Waals surface area contributed by atoms with Gasteiger partial charge in [-0.3, -0.25) is 0 Å². The van der Waals surface area contributed by atoms with Crippen molar-refractivity contribution in [3.63, 3.8) is 0 Å². The molecule has 2 aliphatic rings. The molecular formula is C6H11NO2. The Kier molecular flexibility index (Phi) is 1.22. The number of nitrogens with zero attached hydrogens (tertiary/aromatic N) is 1. The third kappa shape index (κ3) is 0.764. The van der Waals surface area contributed by atoms with Gasteiger partial charge in [0.05, 0.1) is 13.2 Å². The van der Waals surface area contributed by atoms with Crippen molar-refractivity contribution in [3.8, 4) is 0 Å². The third-order valence-electron chi connectivity index (χ3n) is 1.93. The molecule has 52 valence electrons. The molecule has 0 aromatic heterocycles. The first-order valence-electron chi connectivity index (χ1n) is 3.37. The zero-order valence-corrected chi connectivity index (χ0v) is 5.54. The number of hydrogen-bond acceptors (Lipinski definition) is 3. The second-order valence-electron chi connectivity index (χ2n) is 2.60. The van der Waals surface area contributed by atoms with Crippen LogP contribution in [-0.4, -0.2) is 37.1 Å². The van der Waals surface area contributed by atoms with Gasteiger partial charge in [0.2, 0.25) is 6.41 Å². The largest absolute Gasteiger partial charge is 0.338 e. The van der Waals surface area contributed by atoms with Gasteiger partial charge in [0.15, 0.2) is 0 Å². The lowest BCUT2D eigenvalue weighted by Gasteiger charge is -2.13. The third-order valence-corrected chi connectivity index (χ3v) is 1.93. The van der Waals surface area contributed by atoms with Crippen molar-refractivity contribution in [3.05, 3.63) is 0 Å². The molecule has 2 heterocycles. The van der Waals surface area contributed by atoms with E-state index >= 15 is 0 Å². The maximum atomic E-state index is 5.29. The van der Waals surface area contributed by atoms with Crippen LogP contribution in [0, 0.1) is 0 Å². The highest BCUT2D eigenvalue weighted by molar-refractivity contribution is 4.76. The van der Waals surface area contributed by atoms with Crippen LogP contribution in [0.1, 0.15) is 6.92 Å². The van der Waals surface area contributed by atoms with Gasteiger partial charge in [-0.2, -0.15) is 0 Å². The summed E-state index contributed by atoms with van der Waals surface area (Å²) in [4.78, 5) is 2.24. The first-order chi connectivity index (χ1) is 4.38. The van der Waals surface area contributed by atoms with Crippen molar-refractivity contribution in [1.29, 1.82) is 0 Å². The van der Waals surface area contributed by atoms with Crippen molar-refractivity contribution >= 4 is 0 Å².